The summed E-state index contributed by atoms with van der Waals surface area (Å²) >= 11 is 11.8. The fraction of sp³-hybridized carbons (Fsp3) is 0.235. The lowest BCUT2D eigenvalue weighted by Crippen LogP contribution is -2.12. The number of ketones is 1. The van der Waals surface area contributed by atoms with Gasteiger partial charge in [0.25, 0.3) is 0 Å². The summed E-state index contributed by atoms with van der Waals surface area (Å²) in [6.07, 6.45) is 3.34. The molecule has 0 atom stereocenters. The number of halogens is 2. The number of hydrogen-bond donors (Lipinski definition) is 0. The van der Waals surface area contributed by atoms with Crippen molar-refractivity contribution in [2.24, 2.45) is 0 Å². The average Bonchev–Trinajstić information content (AvgIpc) is 2.93. The molecule has 0 aromatic heterocycles. The van der Waals surface area contributed by atoms with E-state index in [0.29, 0.717) is 21.4 Å². The highest BCUT2D eigenvalue weighted by Gasteiger charge is 2.14. The van der Waals surface area contributed by atoms with E-state index in [-0.39, 0.29) is 12.4 Å². The number of carbonyl (C=O) groups is 1. The number of fused-ring (bicyclic) bond motifs is 1. The van der Waals surface area contributed by atoms with Gasteiger partial charge < -0.3 is 4.74 Å². The lowest BCUT2D eigenvalue weighted by molar-refractivity contribution is 0.0921. The maximum absolute atomic E-state index is 12.2. The summed E-state index contributed by atoms with van der Waals surface area (Å²) in [5.74, 6) is 0.422. The van der Waals surface area contributed by atoms with Crippen molar-refractivity contribution in [3.8, 4) is 5.75 Å². The van der Waals surface area contributed by atoms with E-state index in [0.717, 1.165) is 12.8 Å². The second-order valence-corrected chi connectivity index (χ2v) is 5.97. The van der Waals surface area contributed by atoms with Crippen molar-refractivity contribution < 1.29 is 9.53 Å². The van der Waals surface area contributed by atoms with Gasteiger partial charge in [0.2, 0.25) is 0 Å². The molecule has 0 fully saturated rings. The quantitative estimate of drug-likeness (QED) is 0.760. The Bertz CT molecular complexity index is 695. The highest BCUT2D eigenvalue weighted by atomic mass is 35.5. The Hall–Kier alpha value is -1.51. The maximum atomic E-state index is 12.2. The molecular weight excluding hydrogens is 307 g/mol. The van der Waals surface area contributed by atoms with Crippen LogP contribution in [0.3, 0.4) is 0 Å². The molecule has 0 saturated heterocycles. The molecule has 108 valence electrons. The molecule has 2 nitrogen and oxygen atoms in total. The van der Waals surface area contributed by atoms with Crippen LogP contribution in [-0.2, 0) is 12.8 Å². The Morgan fingerprint density at radius 1 is 1.05 bits per heavy atom. The monoisotopic (exact) mass is 320 g/mol. The molecule has 0 heterocycles. The van der Waals surface area contributed by atoms with Crippen LogP contribution >= 0.6 is 23.2 Å². The number of benzene rings is 2. The van der Waals surface area contributed by atoms with Gasteiger partial charge in [0.05, 0.1) is 5.02 Å². The van der Waals surface area contributed by atoms with E-state index >= 15 is 0 Å². The molecule has 0 spiro atoms. The molecule has 1 aliphatic rings. The third-order valence-electron chi connectivity index (χ3n) is 3.67. The zero-order valence-electron chi connectivity index (χ0n) is 11.4. The van der Waals surface area contributed by atoms with Gasteiger partial charge in [-0.15, -0.1) is 0 Å². The molecule has 0 amide bonds. The van der Waals surface area contributed by atoms with Crippen LogP contribution in [0.15, 0.2) is 36.4 Å². The van der Waals surface area contributed by atoms with Gasteiger partial charge in [-0.2, -0.15) is 0 Å². The summed E-state index contributed by atoms with van der Waals surface area (Å²) in [5.41, 5.74) is 3.33. The lowest BCUT2D eigenvalue weighted by atomic mass is 10.0. The highest BCUT2D eigenvalue weighted by Crippen LogP contribution is 2.28. The normalized spacial score (nSPS) is 13.0. The van der Waals surface area contributed by atoms with Crippen molar-refractivity contribution in [3.63, 3.8) is 0 Å². The lowest BCUT2D eigenvalue weighted by Gasteiger charge is -2.08. The summed E-state index contributed by atoms with van der Waals surface area (Å²) in [5, 5.41) is 0.946. The Labute approximate surface area is 133 Å². The number of hydrogen-bond acceptors (Lipinski definition) is 2. The van der Waals surface area contributed by atoms with Crippen LogP contribution in [0, 0.1) is 0 Å². The minimum Gasteiger partial charge on any atom is -0.484 e. The van der Waals surface area contributed by atoms with Gasteiger partial charge in [-0.05, 0) is 54.7 Å². The molecule has 3 rings (SSSR count). The van der Waals surface area contributed by atoms with Crippen LogP contribution in [0.1, 0.15) is 27.9 Å². The summed E-state index contributed by atoms with van der Waals surface area (Å²) in [6, 6.07) is 10.9. The van der Waals surface area contributed by atoms with Gasteiger partial charge in [-0.25, -0.2) is 0 Å². The number of aryl methyl sites for hydroxylation is 2. The molecule has 0 unspecified atom stereocenters. The smallest absolute Gasteiger partial charge is 0.200 e. The first-order valence-corrected chi connectivity index (χ1v) is 7.62. The van der Waals surface area contributed by atoms with E-state index in [4.69, 9.17) is 27.9 Å². The minimum absolute atomic E-state index is 0.0276. The van der Waals surface area contributed by atoms with Gasteiger partial charge >= 0.3 is 0 Å². The molecule has 0 aliphatic heterocycles. The molecule has 1 aliphatic carbocycles. The van der Waals surface area contributed by atoms with Crippen LogP contribution in [-0.4, -0.2) is 12.4 Å². The highest BCUT2D eigenvalue weighted by molar-refractivity contribution is 6.35. The molecule has 0 bridgehead atoms. The first kappa shape index (κ1) is 14.4. The van der Waals surface area contributed by atoms with Gasteiger partial charge in [-0.3, -0.25) is 4.79 Å². The largest absolute Gasteiger partial charge is 0.484 e. The van der Waals surface area contributed by atoms with Gasteiger partial charge in [0, 0.05) is 10.6 Å². The Kier molecular flexibility index (Phi) is 4.18. The van der Waals surface area contributed by atoms with Crippen molar-refractivity contribution in [3.05, 3.63) is 63.1 Å². The zero-order chi connectivity index (χ0) is 14.8. The Morgan fingerprint density at radius 2 is 1.86 bits per heavy atom. The number of carbonyl (C=O) groups excluding carboxylic acids is 1. The first-order valence-electron chi connectivity index (χ1n) is 6.86. The minimum atomic E-state index is -0.0456. The predicted molar refractivity (Wildman–Crippen MR) is 84.8 cm³/mol. The fourth-order valence-electron chi connectivity index (χ4n) is 2.56. The number of rotatable bonds is 4. The topological polar surface area (TPSA) is 26.3 Å². The van der Waals surface area contributed by atoms with Gasteiger partial charge in [0.1, 0.15) is 5.75 Å². The molecule has 0 radical (unpaired) electrons. The van der Waals surface area contributed by atoms with Gasteiger partial charge in [0.15, 0.2) is 12.4 Å². The van der Waals surface area contributed by atoms with E-state index in [2.05, 4.69) is 0 Å². The molecule has 2 aromatic rings. The summed E-state index contributed by atoms with van der Waals surface area (Å²) < 4.78 is 5.49. The predicted octanol–water partition coefficient (Wildman–Crippen LogP) is 4.74. The van der Waals surface area contributed by atoms with Crippen LogP contribution in [0.2, 0.25) is 10.0 Å². The zero-order valence-corrected chi connectivity index (χ0v) is 12.9. The van der Waals surface area contributed by atoms with E-state index in [1.807, 2.05) is 18.2 Å². The van der Waals surface area contributed by atoms with E-state index in [1.54, 1.807) is 18.2 Å². The Balaban J connectivity index is 1.69. The second kappa shape index (κ2) is 6.08. The Morgan fingerprint density at radius 3 is 2.67 bits per heavy atom. The average molecular weight is 321 g/mol. The van der Waals surface area contributed by atoms with Crippen molar-refractivity contribution in [1.29, 1.82) is 0 Å². The van der Waals surface area contributed by atoms with Crippen LogP contribution < -0.4 is 4.74 Å². The third-order valence-corrected chi connectivity index (χ3v) is 4.20. The molecule has 0 saturated carbocycles. The SMILES string of the molecule is O=C(COc1ccc(Cl)cc1Cl)c1ccc2c(c1)CCC2. The first-order chi connectivity index (χ1) is 10.1. The summed E-state index contributed by atoms with van der Waals surface area (Å²) in [7, 11) is 0. The summed E-state index contributed by atoms with van der Waals surface area (Å²) in [6.45, 7) is -0.0276. The van der Waals surface area contributed by atoms with E-state index in [1.165, 1.54) is 17.5 Å². The number of ether oxygens (including phenoxy) is 1. The van der Waals surface area contributed by atoms with Crippen molar-refractivity contribution in [1.82, 2.24) is 0 Å². The molecule has 21 heavy (non-hydrogen) atoms. The van der Waals surface area contributed by atoms with Crippen LogP contribution in [0.5, 0.6) is 5.75 Å². The maximum Gasteiger partial charge on any atom is 0.200 e. The van der Waals surface area contributed by atoms with Gasteiger partial charge in [-0.1, -0.05) is 35.3 Å². The number of Topliss-reactive ketones (excluding diaryl/α,β-unsaturated/α-hetero) is 1. The van der Waals surface area contributed by atoms with Crippen LogP contribution in [0.4, 0.5) is 0 Å². The molecule has 0 N–H and O–H groups in total. The van der Waals surface area contributed by atoms with Crippen molar-refractivity contribution >= 4 is 29.0 Å². The summed E-state index contributed by atoms with van der Waals surface area (Å²) in [4.78, 5) is 12.2. The molecular formula is C17H14Cl2O2. The third kappa shape index (κ3) is 3.22. The fourth-order valence-corrected chi connectivity index (χ4v) is 3.03. The second-order valence-electron chi connectivity index (χ2n) is 5.12. The van der Waals surface area contributed by atoms with Crippen molar-refractivity contribution in [2.75, 3.05) is 6.61 Å². The van der Waals surface area contributed by atoms with E-state index in [9.17, 15) is 4.79 Å². The van der Waals surface area contributed by atoms with E-state index < -0.39 is 0 Å². The van der Waals surface area contributed by atoms with Crippen molar-refractivity contribution in [2.45, 2.75) is 19.3 Å². The standard InChI is InChI=1S/C17H14Cl2O2/c18-14-6-7-17(15(19)9-14)21-10-16(20)13-5-4-11-2-1-3-12(11)8-13/h4-9H,1-3,10H2. The van der Waals surface area contributed by atoms with Crippen LogP contribution in [0.25, 0.3) is 0 Å². The molecule has 4 heteroatoms. The molecule has 2 aromatic carbocycles.